The molecule has 0 amide bonds. The van der Waals surface area contributed by atoms with E-state index in [2.05, 4.69) is 25.1 Å². The van der Waals surface area contributed by atoms with Gasteiger partial charge in [-0.3, -0.25) is 0 Å². The van der Waals surface area contributed by atoms with Crippen LogP contribution < -0.4 is 0 Å². The molecule has 1 aromatic carbocycles. The van der Waals surface area contributed by atoms with E-state index in [4.69, 9.17) is 5.26 Å². The van der Waals surface area contributed by atoms with Crippen molar-refractivity contribution < 1.29 is 8.42 Å². The zero-order valence-corrected chi connectivity index (χ0v) is 13.9. The van der Waals surface area contributed by atoms with Crippen LogP contribution in [0, 0.1) is 17.2 Å². The van der Waals surface area contributed by atoms with Crippen molar-refractivity contribution in [3.8, 4) is 6.07 Å². The zero-order valence-electron chi connectivity index (χ0n) is 13.1. The van der Waals surface area contributed by atoms with Crippen molar-refractivity contribution in [3.63, 3.8) is 0 Å². The largest absolute Gasteiger partial charge is 0.214 e. The van der Waals surface area contributed by atoms with Gasteiger partial charge in [0.05, 0.1) is 11.8 Å². The summed E-state index contributed by atoms with van der Waals surface area (Å²) in [6, 6.07) is 12.4. The van der Waals surface area contributed by atoms with E-state index >= 15 is 0 Å². The number of rotatable bonds is 6. The van der Waals surface area contributed by atoms with Gasteiger partial charge in [0.25, 0.3) is 0 Å². The molecular formula is C17H24N2O2S. The quantitative estimate of drug-likeness (QED) is 0.757. The predicted octanol–water partition coefficient (Wildman–Crippen LogP) is 3.14. The predicted molar refractivity (Wildman–Crippen MR) is 87.8 cm³/mol. The first-order valence-corrected chi connectivity index (χ1v) is 9.55. The third-order valence-electron chi connectivity index (χ3n) is 4.43. The number of benzene rings is 1. The minimum absolute atomic E-state index is 0.164. The van der Waals surface area contributed by atoms with Crippen LogP contribution in [-0.4, -0.2) is 31.6 Å². The number of sulfonamides is 1. The van der Waals surface area contributed by atoms with E-state index in [0.717, 1.165) is 6.42 Å². The molecule has 1 aliphatic heterocycles. The minimum atomic E-state index is -3.18. The van der Waals surface area contributed by atoms with E-state index < -0.39 is 10.0 Å². The highest BCUT2D eigenvalue weighted by Crippen LogP contribution is 2.33. The second-order valence-electron chi connectivity index (χ2n) is 6.07. The number of nitrogens with zero attached hydrogens (tertiary/aromatic N) is 2. The van der Waals surface area contributed by atoms with Gasteiger partial charge >= 0.3 is 0 Å². The number of piperidine rings is 1. The van der Waals surface area contributed by atoms with E-state index in [1.165, 1.54) is 5.56 Å². The van der Waals surface area contributed by atoms with Crippen molar-refractivity contribution in [3.05, 3.63) is 35.9 Å². The van der Waals surface area contributed by atoms with E-state index in [9.17, 15) is 8.42 Å². The highest BCUT2D eigenvalue weighted by atomic mass is 32.2. The third kappa shape index (κ3) is 4.31. The van der Waals surface area contributed by atoms with Gasteiger partial charge in [0.15, 0.2) is 0 Å². The molecule has 2 atom stereocenters. The molecule has 1 aliphatic rings. The fourth-order valence-electron chi connectivity index (χ4n) is 3.17. The normalized spacial score (nSPS) is 23.1. The number of hydrogen-bond acceptors (Lipinski definition) is 3. The van der Waals surface area contributed by atoms with Crippen molar-refractivity contribution >= 4 is 10.0 Å². The Morgan fingerprint density at radius 1 is 1.27 bits per heavy atom. The number of unbranched alkanes of at least 4 members (excludes halogenated alkanes) is 2. The Labute approximate surface area is 133 Å². The summed E-state index contributed by atoms with van der Waals surface area (Å²) >= 11 is 0. The summed E-state index contributed by atoms with van der Waals surface area (Å²) in [5, 5.41) is 8.51. The molecule has 0 aliphatic carbocycles. The summed E-state index contributed by atoms with van der Waals surface area (Å²) < 4.78 is 26.4. The second kappa shape index (κ2) is 7.75. The topological polar surface area (TPSA) is 61.2 Å². The maximum Gasteiger partial charge on any atom is 0.214 e. The second-order valence-corrected chi connectivity index (χ2v) is 8.16. The van der Waals surface area contributed by atoms with Crippen molar-refractivity contribution in [1.82, 2.24) is 4.31 Å². The van der Waals surface area contributed by atoms with Crippen LogP contribution in [0.25, 0.3) is 0 Å². The van der Waals surface area contributed by atoms with Gasteiger partial charge in [0.2, 0.25) is 10.0 Å². The van der Waals surface area contributed by atoms with E-state index in [0.29, 0.717) is 44.2 Å². The SMILES string of the molecule is C[C@H]1CN(S(=O)(=O)CCCCC#N)CC[C@H]1c1ccccc1. The summed E-state index contributed by atoms with van der Waals surface area (Å²) in [4.78, 5) is 0. The van der Waals surface area contributed by atoms with Crippen molar-refractivity contribution in [2.24, 2.45) is 5.92 Å². The van der Waals surface area contributed by atoms with Crippen LogP contribution in [-0.2, 0) is 10.0 Å². The first kappa shape index (κ1) is 17.0. The minimum Gasteiger partial charge on any atom is -0.212 e. The average molecular weight is 320 g/mol. The van der Waals surface area contributed by atoms with Gasteiger partial charge in [-0.05, 0) is 36.7 Å². The molecule has 1 heterocycles. The van der Waals surface area contributed by atoms with Crippen molar-refractivity contribution in [1.29, 1.82) is 5.26 Å². The zero-order chi connectivity index (χ0) is 16.0. The van der Waals surface area contributed by atoms with E-state index in [1.54, 1.807) is 4.31 Å². The Morgan fingerprint density at radius 3 is 2.64 bits per heavy atom. The lowest BCUT2D eigenvalue weighted by Gasteiger charge is -2.36. The first-order valence-electron chi connectivity index (χ1n) is 7.94. The molecule has 0 N–H and O–H groups in total. The van der Waals surface area contributed by atoms with E-state index in [1.807, 2.05) is 18.2 Å². The molecule has 1 aromatic rings. The molecule has 0 bridgehead atoms. The summed E-state index contributed by atoms with van der Waals surface area (Å²) in [5.74, 6) is 0.925. The first-order chi connectivity index (χ1) is 10.5. The Hall–Kier alpha value is -1.38. The Kier molecular flexibility index (Phi) is 5.98. The Balaban J connectivity index is 1.93. The van der Waals surface area contributed by atoms with Gasteiger partial charge < -0.3 is 0 Å². The monoisotopic (exact) mass is 320 g/mol. The highest BCUT2D eigenvalue weighted by Gasteiger charge is 2.32. The molecule has 4 nitrogen and oxygen atoms in total. The molecule has 5 heteroatoms. The smallest absolute Gasteiger partial charge is 0.212 e. The molecule has 2 rings (SSSR count). The van der Waals surface area contributed by atoms with Crippen LogP contribution in [0.15, 0.2) is 30.3 Å². The maximum atomic E-state index is 12.4. The number of nitriles is 1. The molecule has 1 fully saturated rings. The lowest BCUT2D eigenvalue weighted by atomic mass is 9.82. The molecule has 1 saturated heterocycles. The van der Waals surface area contributed by atoms with Crippen LogP contribution in [0.3, 0.4) is 0 Å². The number of hydrogen-bond donors (Lipinski definition) is 0. The molecule has 120 valence electrons. The van der Waals surface area contributed by atoms with Gasteiger partial charge in [0, 0.05) is 19.5 Å². The molecule has 0 spiro atoms. The van der Waals surface area contributed by atoms with Crippen LogP contribution >= 0.6 is 0 Å². The molecule has 0 radical (unpaired) electrons. The fourth-order valence-corrected chi connectivity index (χ4v) is 4.85. The molecule has 0 aromatic heterocycles. The molecular weight excluding hydrogens is 296 g/mol. The van der Waals surface area contributed by atoms with Gasteiger partial charge in [0.1, 0.15) is 0 Å². The van der Waals surface area contributed by atoms with Crippen molar-refractivity contribution in [2.45, 2.75) is 38.5 Å². The lowest BCUT2D eigenvalue weighted by molar-refractivity contribution is 0.248. The third-order valence-corrected chi connectivity index (χ3v) is 6.35. The van der Waals surface area contributed by atoms with Gasteiger partial charge in [-0.2, -0.15) is 5.26 Å². The van der Waals surface area contributed by atoms with Crippen LogP contribution in [0.5, 0.6) is 0 Å². The van der Waals surface area contributed by atoms with Gasteiger partial charge in [-0.1, -0.05) is 37.3 Å². The fraction of sp³-hybridized carbons (Fsp3) is 0.588. The Morgan fingerprint density at radius 2 is 2.00 bits per heavy atom. The molecule has 0 saturated carbocycles. The van der Waals surface area contributed by atoms with Crippen LogP contribution in [0.4, 0.5) is 0 Å². The average Bonchev–Trinajstić information content (AvgIpc) is 2.52. The molecule has 0 unspecified atom stereocenters. The summed E-state index contributed by atoms with van der Waals surface area (Å²) in [6.07, 6.45) is 2.54. The summed E-state index contributed by atoms with van der Waals surface area (Å²) in [5.41, 5.74) is 1.31. The lowest BCUT2D eigenvalue weighted by Crippen LogP contribution is -2.43. The Bertz CT molecular complexity index is 607. The van der Waals surface area contributed by atoms with Crippen molar-refractivity contribution in [2.75, 3.05) is 18.8 Å². The summed E-state index contributed by atoms with van der Waals surface area (Å²) in [7, 11) is -3.18. The van der Waals surface area contributed by atoms with E-state index in [-0.39, 0.29) is 5.75 Å². The molecule has 22 heavy (non-hydrogen) atoms. The standard InChI is InChI=1S/C17H24N2O2S/c1-15-14-19(22(20,21)13-7-3-6-11-18)12-10-17(15)16-8-4-2-5-9-16/h2,4-5,8-9,15,17H,3,6-7,10,12-14H2,1H3/t15-,17+/m0/s1. The van der Waals surface area contributed by atoms with Gasteiger partial charge in [-0.15, -0.1) is 0 Å². The summed E-state index contributed by atoms with van der Waals surface area (Å²) in [6.45, 7) is 3.33. The van der Waals surface area contributed by atoms with Crippen LogP contribution in [0.2, 0.25) is 0 Å². The maximum absolute atomic E-state index is 12.4. The van der Waals surface area contributed by atoms with Gasteiger partial charge in [-0.25, -0.2) is 12.7 Å². The van der Waals surface area contributed by atoms with Crippen LogP contribution in [0.1, 0.15) is 44.1 Å². The highest BCUT2D eigenvalue weighted by molar-refractivity contribution is 7.89.